The van der Waals surface area contributed by atoms with Gasteiger partial charge in [0.15, 0.2) is 0 Å². The predicted molar refractivity (Wildman–Crippen MR) is 110 cm³/mol. The van der Waals surface area contributed by atoms with Crippen LogP contribution in [0.15, 0.2) is 68.6 Å². The van der Waals surface area contributed by atoms with Crippen molar-refractivity contribution in [2.75, 3.05) is 5.73 Å². The molecule has 0 bridgehead atoms. The lowest BCUT2D eigenvalue weighted by Gasteiger charge is -2.09. The number of aromatic hydroxyl groups is 1. The fraction of sp³-hybridized carbons (Fsp3) is 0. The predicted octanol–water partition coefficient (Wildman–Crippen LogP) is 2.03. The molecule has 0 aromatic heterocycles. The molecule has 0 unspecified atom stereocenters. The molecule has 0 atom stereocenters. The van der Waals surface area contributed by atoms with Gasteiger partial charge in [-0.2, -0.15) is 16.8 Å². The Kier molecular flexibility index (Phi) is 7.27. The first-order valence-electron chi connectivity index (χ1n) is 7.99. The van der Waals surface area contributed by atoms with Crippen molar-refractivity contribution in [3.05, 3.63) is 48.5 Å². The molecule has 5 N–H and O–H groups in total. The Balaban J connectivity index is 0.000000837. The van der Waals surface area contributed by atoms with Crippen molar-refractivity contribution in [2.45, 2.75) is 9.79 Å². The van der Waals surface area contributed by atoms with E-state index in [1.807, 2.05) is 0 Å². The number of hydrogen-bond donors (Lipinski definition) is 4. The van der Waals surface area contributed by atoms with Gasteiger partial charge in [0, 0.05) is 22.5 Å². The molecule has 13 nitrogen and oxygen atoms in total. The van der Waals surface area contributed by atoms with Gasteiger partial charge in [0.05, 0.1) is 10.6 Å². The van der Waals surface area contributed by atoms with Crippen LogP contribution < -0.4 is 5.73 Å². The van der Waals surface area contributed by atoms with Gasteiger partial charge >= 0.3 is 10.6 Å². The first kappa shape index (κ1) is 24.8. The van der Waals surface area contributed by atoms with Crippen LogP contribution in [-0.2, 0) is 30.8 Å². The van der Waals surface area contributed by atoms with Gasteiger partial charge in [0.25, 0.3) is 20.2 Å². The molecule has 0 amide bonds. The van der Waals surface area contributed by atoms with E-state index >= 15 is 0 Å². The number of hydrogen-bond acceptors (Lipinski definition) is 11. The molecule has 0 radical (unpaired) electrons. The molecule has 0 aliphatic rings. The summed E-state index contributed by atoms with van der Waals surface area (Å²) in [6, 6.07) is 9.93. The molecule has 0 aliphatic carbocycles. The maximum absolute atomic E-state index is 11.4. The fourth-order valence-corrected chi connectivity index (χ4v) is 3.70. The van der Waals surface area contributed by atoms with Crippen molar-refractivity contribution in [1.82, 2.24) is 0 Å². The standard InChI is InChI=1S/C16H13N3O7S2.O3S/c17-11-5-6-12(10-7-9(27(21,22)23)8-14(20)16(10)11)18-19-13-3-1-2-4-15(13)28(24,25)26;1-4(2)3/h1-8,20H,17H2,(H,21,22,23)(H,24,25,26);. The molecule has 0 spiro atoms. The smallest absolute Gasteiger partial charge is 0.425 e. The highest BCUT2D eigenvalue weighted by molar-refractivity contribution is 7.86. The zero-order chi connectivity index (χ0) is 24.3. The van der Waals surface area contributed by atoms with Crippen LogP contribution in [0.3, 0.4) is 0 Å². The Morgan fingerprint density at radius 3 is 1.94 bits per heavy atom. The van der Waals surface area contributed by atoms with E-state index in [0.717, 1.165) is 18.2 Å². The third kappa shape index (κ3) is 6.05. The van der Waals surface area contributed by atoms with Gasteiger partial charge in [0.2, 0.25) is 0 Å². The lowest BCUT2D eigenvalue weighted by Crippen LogP contribution is -1.98. The molecule has 0 heterocycles. The van der Waals surface area contributed by atoms with Gasteiger partial charge in [0.1, 0.15) is 16.3 Å². The Bertz CT molecular complexity index is 1540. The lowest BCUT2D eigenvalue weighted by atomic mass is 10.1. The SMILES string of the molecule is Nc1ccc(N=Nc2ccccc2S(=O)(=O)O)c2cc(S(=O)(=O)O)cc(O)c12.O=S(=O)=O. The van der Waals surface area contributed by atoms with Crippen LogP contribution in [-0.4, -0.2) is 43.7 Å². The maximum Gasteiger partial charge on any atom is 0.425 e. The number of anilines is 1. The first-order valence-corrected chi connectivity index (χ1v) is 11.9. The monoisotopic (exact) mass is 503 g/mol. The minimum Gasteiger partial charge on any atom is -0.507 e. The van der Waals surface area contributed by atoms with Crippen LogP contribution in [0.1, 0.15) is 0 Å². The van der Waals surface area contributed by atoms with Crippen LogP contribution in [0.2, 0.25) is 0 Å². The number of nitrogens with two attached hydrogens (primary N) is 1. The molecule has 0 fully saturated rings. The van der Waals surface area contributed by atoms with Crippen LogP contribution in [0.4, 0.5) is 17.1 Å². The molecular weight excluding hydrogens is 490 g/mol. The molecule has 0 aliphatic heterocycles. The minimum atomic E-state index is -4.63. The number of benzene rings is 3. The van der Waals surface area contributed by atoms with Crippen LogP contribution >= 0.6 is 0 Å². The van der Waals surface area contributed by atoms with Crippen molar-refractivity contribution in [3.63, 3.8) is 0 Å². The van der Waals surface area contributed by atoms with Gasteiger partial charge in [-0.05, 0) is 30.3 Å². The summed E-state index contributed by atoms with van der Waals surface area (Å²) in [5, 5.41) is 17.9. The average Bonchev–Trinajstić information content (AvgIpc) is 2.65. The van der Waals surface area contributed by atoms with Crippen molar-refractivity contribution < 1.29 is 43.7 Å². The highest BCUT2D eigenvalue weighted by Crippen LogP contribution is 2.39. The Morgan fingerprint density at radius 2 is 1.38 bits per heavy atom. The van der Waals surface area contributed by atoms with Crippen LogP contribution in [0, 0.1) is 0 Å². The molecule has 16 heteroatoms. The number of nitrogen functional groups attached to an aromatic ring is 1. The van der Waals surface area contributed by atoms with E-state index in [9.17, 15) is 31.0 Å². The summed E-state index contributed by atoms with van der Waals surface area (Å²) in [6.07, 6.45) is 0. The second-order valence-electron chi connectivity index (χ2n) is 5.86. The highest BCUT2D eigenvalue weighted by atomic mass is 32.2. The quantitative estimate of drug-likeness (QED) is 0.228. The van der Waals surface area contributed by atoms with Gasteiger partial charge < -0.3 is 10.8 Å². The fourth-order valence-electron chi connectivity index (χ4n) is 2.55. The van der Waals surface area contributed by atoms with Crippen molar-refractivity contribution in [2.24, 2.45) is 10.2 Å². The van der Waals surface area contributed by atoms with E-state index in [1.54, 1.807) is 0 Å². The summed E-state index contributed by atoms with van der Waals surface area (Å²) >= 11 is 0. The molecular formula is C16H13N3O10S3. The second-order valence-corrected chi connectivity index (χ2v) is 9.08. The normalized spacial score (nSPS) is 11.8. The number of nitrogens with zero attached hydrogens (tertiary/aromatic N) is 2. The van der Waals surface area contributed by atoms with E-state index in [2.05, 4.69) is 10.2 Å². The van der Waals surface area contributed by atoms with Crippen molar-refractivity contribution in [1.29, 1.82) is 0 Å². The van der Waals surface area contributed by atoms with E-state index in [0.29, 0.717) is 0 Å². The summed E-state index contributed by atoms with van der Waals surface area (Å²) in [6.45, 7) is 0. The zero-order valence-corrected chi connectivity index (χ0v) is 18.0. The third-order valence-electron chi connectivity index (χ3n) is 3.78. The van der Waals surface area contributed by atoms with Gasteiger partial charge in [-0.25, -0.2) is 0 Å². The summed E-state index contributed by atoms with van der Waals surface area (Å²) in [5.74, 6) is -0.502. The second kappa shape index (κ2) is 9.37. The molecule has 0 saturated carbocycles. The number of phenols is 1. The van der Waals surface area contributed by atoms with Gasteiger partial charge in [-0.15, -0.1) is 22.9 Å². The summed E-state index contributed by atoms with van der Waals surface area (Å²) in [5.41, 5.74) is 5.81. The third-order valence-corrected chi connectivity index (χ3v) is 5.52. The van der Waals surface area contributed by atoms with Gasteiger partial charge in [-0.1, -0.05) is 12.1 Å². The number of azo groups is 1. The van der Waals surface area contributed by atoms with Crippen LogP contribution in [0.5, 0.6) is 5.75 Å². The summed E-state index contributed by atoms with van der Waals surface area (Å²) < 4.78 is 89.6. The number of fused-ring (bicyclic) bond motifs is 1. The lowest BCUT2D eigenvalue weighted by molar-refractivity contribution is 0.471. The largest absolute Gasteiger partial charge is 0.507 e. The van der Waals surface area contributed by atoms with Gasteiger partial charge in [-0.3, -0.25) is 9.11 Å². The number of phenolic OH excluding ortho intramolecular Hbond substituents is 1. The van der Waals surface area contributed by atoms with E-state index < -0.39 is 46.4 Å². The van der Waals surface area contributed by atoms with E-state index in [4.69, 9.17) is 18.4 Å². The van der Waals surface area contributed by atoms with E-state index in [1.165, 1.54) is 30.3 Å². The Hall–Kier alpha value is -3.44. The molecule has 3 rings (SSSR count). The maximum atomic E-state index is 11.4. The molecule has 0 saturated heterocycles. The Labute approximate surface area is 182 Å². The zero-order valence-electron chi connectivity index (χ0n) is 15.5. The van der Waals surface area contributed by atoms with E-state index in [-0.39, 0.29) is 27.8 Å². The molecule has 170 valence electrons. The van der Waals surface area contributed by atoms with Crippen LogP contribution in [0.25, 0.3) is 10.8 Å². The minimum absolute atomic E-state index is 0.0372. The highest BCUT2D eigenvalue weighted by Gasteiger charge is 2.18. The van der Waals surface area contributed by atoms with Crippen molar-refractivity contribution >= 4 is 58.7 Å². The van der Waals surface area contributed by atoms with Crippen molar-refractivity contribution in [3.8, 4) is 5.75 Å². The topological polar surface area (TPSA) is 231 Å². The summed E-state index contributed by atoms with van der Waals surface area (Å²) in [4.78, 5) is -1.06. The molecule has 3 aromatic rings. The first-order chi connectivity index (χ1) is 14.7. The Morgan fingerprint density at radius 1 is 0.812 bits per heavy atom. The molecule has 32 heavy (non-hydrogen) atoms. The number of rotatable bonds is 4. The average molecular weight is 503 g/mol. The molecule has 3 aromatic carbocycles. The summed E-state index contributed by atoms with van der Waals surface area (Å²) in [7, 11) is -12.3.